The number of hydrogen-bond acceptors (Lipinski definition) is 4. The van der Waals surface area contributed by atoms with Crippen molar-refractivity contribution in [3.63, 3.8) is 0 Å². The fourth-order valence-corrected chi connectivity index (χ4v) is 2.98. The Labute approximate surface area is 147 Å². The first-order chi connectivity index (χ1) is 11.3. The van der Waals surface area contributed by atoms with Gasteiger partial charge in [-0.2, -0.15) is 0 Å². The van der Waals surface area contributed by atoms with Gasteiger partial charge in [0, 0.05) is 36.7 Å². The van der Waals surface area contributed by atoms with Gasteiger partial charge in [-0.15, -0.1) is 0 Å². The molecule has 0 saturated carbocycles. The van der Waals surface area contributed by atoms with Crippen LogP contribution < -0.4 is 10.6 Å². The van der Waals surface area contributed by atoms with Gasteiger partial charge in [0.2, 0.25) is 0 Å². The van der Waals surface area contributed by atoms with Crippen LogP contribution in [0.5, 0.6) is 0 Å². The van der Waals surface area contributed by atoms with Gasteiger partial charge in [0.1, 0.15) is 11.3 Å². The highest BCUT2D eigenvalue weighted by Gasteiger charge is 2.10. The Morgan fingerprint density at radius 3 is 2.57 bits per heavy atom. The molecule has 6 heteroatoms. The van der Waals surface area contributed by atoms with Crippen LogP contribution in [0.25, 0.3) is 11.2 Å². The first-order valence-corrected chi connectivity index (χ1v) is 9.47. The Morgan fingerprint density at radius 2 is 1.91 bits per heavy atom. The Balaban J connectivity index is 0.000000229. The fraction of sp³-hybridized carbons (Fsp3) is 0.647. The van der Waals surface area contributed by atoms with E-state index in [0.29, 0.717) is 0 Å². The predicted octanol–water partition coefficient (Wildman–Crippen LogP) is 3.13. The van der Waals surface area contributed by atoms with E-state index in [1.807, 2.05) is 12.3 Å². The van der Waals surface area contributed by atoms with E-state index in [-0.39, 0.29) is 0 Å². The molecule has 0 aliphatic carbocycles. The molecule has 0 radical (unpaired) electrons. The van der Waals surface area contributed by atoms with Gasteiger partial charge in [0.05, 0.1) is 0 Å². The molecule has 1 fully saturated rings. The van der Waals surface area contributed by atoms with Crippen molar-refractivity contribution in [2.75, 3.05) is 26.2 Å². The second-order valence-corrected chi connectivity index (χ2v) is 6.64. The molecule has 0 unspecified atom stereocenters. The summed E-state index contributed by atoms with van der Waals surface area (Å²) in [6.45, 7) is 9.93. The van der Waals surface area contributed by atoms with E-state index in [1.54, 1.807) is 0 Å². The minimum atomic E-state index is 0.935. The first-order valence-electron chi connectivity index (χ1n) is 8.68. The summed E-state index contributed by atoms with van der Waals surface area (Å²) in [4.78, 5) is 9.09. The molecule has 2 aromatic heterocycles. The predicted molar refractivity (Wildman–Crippen MR) is 99.9 cm³/mol. The van der Waals surface area contributed by atoms with E-state index >= 15 is 0 Å². The number of aryl methyl sites for hydroxylation is 2. The number of aromatic nitrogens is 3. The number of hydrogen-bond donors (Lipinski definition) is 2. The van der Waals surface area contributed by atoms with Crippen molar-refractivity contribution < 1.29 is 0 Å². The number of rotatable bonds is 4. The van der Waals surface area contributed by atoms with Gasteiger partial charge in [0.25, 0.3) is 0 Å². The van der Waals surface area contributed by atoms with Gasteiger partial charge < -0.3 is 15.2 Å². The number of nitrogens with one attached hydrogen (secondary N) is 2. The van der Waals surface area contributed by atoms with Crippen molar-refractivity contribution >= 4 is 27.1 Å². The topological polar surface area (TPSA) is 54.8 Å². The number of nitrogens with zero attached hydrogens (tertiary/aromatic N) is 3. The van der Waals surface area contributed by atoms with Crippen LogP contribution >= 0.6 is 15.9 Å². The van der Waals surface area contributed by atoms with Crippen LogP contribution in [-0.4, -0.2) is 40.7 Å². The van der Waals surface area contributed by atoms with Gasteiger partial charge in [-0.25, -0.2) is 9.97 Å². The van der Waals surface area contributed by atoms with Crippen molar-refractivity contribution in [1.29, 1.82) is 0 Å². The number of halogens is 1. The second-order valence-electron chi connectivity index (χ2n) is 5.73. The van der Waals surface area contributed by atoms with E-state index in [1.165, 1.54) is 32.4 Å². The summed E-state index contributed by atoms with van der Waals surface area (Å²) in [7, 11) is 0. The molecule has 0 amide bonds. The Kier molecular flexibility index (Phi) is 7.99. The summed E-state index contributed by atoms with van der Waals surface area (Å²) < 4.78 is 3.19. The summed E-state index contributed by atoms with van der Waals surface area (Å²) in [6, 6.07) is 2.03. The molecule has 0 spiro atoms. The molecule has 5 nitrogen and oxygen atoms in total. The highest BCUT2D eigenvalue weighted by Crippen LogP contribution is 2.19. The highest BCUT2D eigenvalue weighted by atomic mass is 79.9. The molecule has 0 atom stereocenters. The number of fused-ring (bicyclic) bond motifs is 1. The molecule has 0 aromatic carbocycles. The zero-order valence-corrected chi connectivity index (χ0v) is 15.8. The van der Waals surface area contributed by atoms with Crippen molar-refractivity contribution in [2.24, 2.45) is 0 Å². The van der Waals surface area contributed by atoms with Gasteiger partial charge in [-0.1, -0.05) is 13.3 Å². The fourth-order valence-electron chi connectivity index (χ4n) is 2.66. The standard InChI is InChI=1S/C12H16BrN3.C5H12N2/c1-3-5-6-11-15-10-7-9(13)8-14-12(10)16(11)4-2;1-2-6-4-5-7-3-1/h7-8H,3-6H2,1-2H3;6-7H,1-5H2. The largest absolute Gasteiger partial charge is 0.315 e. The van der Waals surface area contributed by atoms with Crippen molar-refractivity contribution in [2.45, 2.75) is 46.1 Å². The van der Waals surface area contributed by atoms with E-state index < -0.39 is 0 Å². The molecule has 2 N–H and O–H groups in total. The monoisotopic (exact) mass is 381 g/mol. The molecule has 2 aromatic rings. The maximum atomic E-state index is 4.65. The number of pyridine rings is 1. The lowest BCUT2D eigenvalue weighted by Crippen LogP contribution is -2.21. The highest BCUT2D eigenvalue weighted by molar-refractivity contribution is 9.10. The Hall–Kier alpha value is -0.980. The van der Waals surface area contributed by atoms with E-state index in [0.717, 1.165) is 47.5 Å². The minimum absolute atomic E-state index is 0.935. The molecule has 3 rings (SSSR count). The van der Waals surface area contributed by atoms with Gasteiger partial charge in [-0.3, -0.25) is 0 Å². The lowest BCUT2D eigenvalue weighted by Gasteiger charge is -2.03. The normalized spacial score (nSPS) is 15.1. The van der Waals surface area contributed by atoms with Crippen LogP contribution in [-0.2, 0) is 13.0 Å². The van der Waals surface area contributed by atoms with Crippen molar-refractivity contribution in [1.82, 2.24) is 25.2 Å². The quantitative estimate of drug-likeness (QED) is 0.853. The molecule has 1 aliphatic rings. The average molecular weight is 382 g/mol. The van der Waals surface area contributed by atoms with Crippen LogP contribution in [0.2, 0.25) is 0 Å². The zero-order chi connectivity index (χ0) is 16.5. The molecule has 1 aliphatic heterocycles. The molecule has 1 saturated heterocycles. The van der Waals surface area contributed by atoms with E-state index in [4.69, 9.17) is 0 Å². The lowest BCUT2D eigenvalue weighted by molar-refractivity contribution is 0.671. The minimum Gasteiger partial charge on any atom is -0.315 e. The van der Waals surface area contributed by atoms with Crippen molar-refractivity contribution in [3.05, 3.63) is 22.6 Å². The van der Waals surface area contributed by atoms with Crippen LogP contribution in [0.3, 0.4) is 0 Å². The third-order valence-electron chi connectivity index (χ3n) is 3.89. The van der Waals surface area contributed by atoms with Crippen LogP contribution in [0.4, 0.5) is 0 Å². The van der Waals surface area contributed by atoms with Crippen molar-refractivity contribution in [3.8, 4) is 0 Å². The van der Waals surface area contributed by atoms with Crippen LogP contribution in [0, 0.1) is 0 Å². The van der Waals surface area contributed by atoms with E-state index in [9.17, 15) is 0 Å². The van der Waals surface area contributed by atoms with Crippen LogP contribution in [0.1, 0.15) is 38.9 Å². The summed E-state index contributed by atoms with van der Waals surface area (Å²) >= 11 is 3.43. The molecule has 0 bridgehead atoms. The second kappa shape index (κ2) is 10.0. The smallest absolute Gasteiger partial charge is 0.160 e. The van der Waals surface area contributed by atoms with E-state index in [2.05, 4.69) is 54.9 Å². The molecule has 23 heavy (non-hydrogen) atoms. The van der Waals surface area contributed by atoms with Gasteiger partial charge in [-0.05, 0) is 54.9 Å². The third-order valence-corrected chi connectivity index (χ3v) is 4.32. The molecule has 128 valence electrons. The molecular formula is C17H28BrN5. The van der Waals surface area contributed by atoms with Gasteiger partial charge >= 0.3 is 0 Å². The molecular weight excluding hydrogens is 354 g/mol. The SMILES string of the molecule is C1CNCCNC1.CCCCc1nc2cc(Br)cnc2n1CC. The number of unbranched alkanes of at least 4 members (excludes halogenated alkanes) is 1. The summed E-state index contributed by atoms with van der Waals surface area (Å²) in [5.41, 5.74) is 1.99. The Bertz CT molecular complexity index is 576. The average Bonchev–Trinajstić information content (AvgIpc) is 2.73. The third kappa shape index (κ3) is 5.55. The van der Waals surface area contributed by atoms with Crippen LogP contribution in [0.15, 0.2) is 16.7 Å². The summed E-state index contributed by atoms with van der Waals surface area (Å²) in [6.07, 6.45) is 6.53. The lowest BCUT2D eigenvalue weighted by atomic mass is 10.2. The molecule has 3 heterocycles. The summed E-state index contributed by atoms with van der Waals surface area (Å²) in [5.74, 6) is 1.16. The maximum Gasteiger partial charge on any atom is 0.160 e. The Morgan fingerprint density at radius 1 is 1.17 bits per heavy atom. The number of imidazole rings is 1. The maximum absolute atomic E-state index is 4.65. The first kappa shape index (κ1) is 18.4. The zero-order valence-electron chi connectivity index (χ0n) is 14.2. The van der Waals surface area contributed by atoms with Gasteiger partial charge in [0.15, 0.2) is 5.65 Å². The summed E-state index contributed by atoms with van der Waals surface area (Å²) in [5, 5.41) is 6.57.